The van der Waals surface area contributed by atoms with Crippen molar-refractivity contribution in [2.24, 2.45) is 9.98 Å². The van der Waals surface area contributed by atoms with Gasteiger partial charge in [0.15, 0.2) is 5.84 Å². The van der Waals surface area contributed by atoms with Crippen molar-refractivity contribution in [3.05, 3.63) is 294 Å². The third-order valence-electron chi connectivity index (χ3n) is 16.1. The predicted molar refractivity (Wildman–Crippen MR) is 334 cm³/mol. The maximum absolute atomic E-state index is 5.86. The van der Waals surface area contributed by atoms with Crippen LogP contribution in [0.25, 0.3) is 89.8 Å². The Balaban J connectivity index is 1.01. The van der Waals surface area contributed by atoms with Crippen LogP contribution in [0.3, 0.4) is 0 Å². The van der Waals surface area contributed by atoms with Crippen LogP contribution < -0.4 is 0 Å². The van der Waals surface area contributed by atoms with Crippen molar-refractivity contribution >= 4 is 102 Å². The van der Waals surface area contributed by atoms with E-state index in [1.807, 2.05) is 17.4 Å². The minimum Gasteiger partial charge on any atom is -0.229 e. The molecule has 0 spiro atoms. The number of thiophene rings is 2. The highest BCUT2D eigenvalue weighted by molar-refractivity contribution is 7.26. The molecule has 2 unspecified atom stereocenters. The van der Waals surface area contributed by atoms with E-state index >= 15 is 0 Å². The molecule has 0 amide bonds. The van der Waals surface area contributed by atoms with Crippen molar-refractivity contribution in [2.45, 2.75) is 32.1 Å². The molecule has 0 N–H and O–H groups in total. The molecule has 2 nitrogen and oxygen atoms in total. The van der Waals surface area contributed by atoms with E-state index in [-0.39, 0.29) is 11.8 Å². The summed E-state index contributed by atoms with van der Waals surface area (Å²) in [7, 11) is 0. The number of hydrogen-bond acceptors (Lipinski definition) is 3. The van der Waals surface area contributed by atoms with Gasteiger partial charge in [0.1, 0.15) is 0 Å². The van der Waals surface area contributed by atoms with Gasteiger partial charge in [-0.25, -0.2) is 9.98 Å². The Morgan fingerprint density at radius 2 is 1.09 bits per heavy atom. The van der Waals surface area contributed by atoms with Crippen LogP contribution in [0.1, 0.15) is 68.8 Å². The van der Waals surface area contributed by atoms with E-state index in [4.69, 9.17) is 16.6 Å². The molecule has 77 heavy (non-hydrogen) atoms. The lowest BCUT2D eigenvalue weighted by Crippen LogP contribution is -2.17. The average Bonchev–Trinajstić information content (AvgIpc) is 4.11. The van der Waals surface area contributed by atoms with Gasteiger partial charge in [-0.2, -0.15) is 0 Å². The highest BCUT2D eigenvalue weighted by Gasteiger charge is 2.30. The molecule has 0 radical (unpaired) electrons. The quantitative estimate of drug-likeness (QED) is 0.102. The molecule has 2 atom stereocenters. The summed E-state index contributed by atoms with van der Waals surface area (Å²) in [4.78, 5) is 11.5. The summed E-state index contributed by atoms with van der Waals surface area (Å²) in [5.41, 5.74) is 16.9. The molecule has 0 fully saturated rings. The van der Waals surface area contributed by atoms with Gasteiger partial charge in [-0.15, -0.1) is 22.7 Å². The lowest BCUT2D eigenvalue weighted by molar-refractivity contribution is 0.792. The van der Waals surface area contributed by atoms with E-state index in [0.29, 0.717) is 11.5 Å². The fourth-order valence-electron chi connectivity index (χ4n) is 12.3. The number of fused-ring (bicyclic) bond motifs is 11. The smallest absolute Gasteiger partial charge is 0.160 e. The molecule has 0 saturated carbocycles. The summed E-state index contributed by atoms with van der Waals surface area (Å²) in [6, 6.07) is 82.3. The number of amidine groups is 1. The lowest BCUT2D eigenvalue weighted by atomic mass is 9.74. The highest BCUT2D eigenvalue weighted by Crippen LogP contribution is 2.47. The number of benzene rings is 11. The minimum atomic E-state index is -0.0720. The first-order valence-corrected chi connectivity index (χ1v) is 28.1. The summed E-state index contributed by atoms with van der Waals surface area (Å²) < 4.78 is 4.87. The maximum atomic E-state index is 5.86. The number of nitrogens with zero attached hydrogens (tertiary/aromatic N) is 2. The molecule has 0 bridgehead atoms. The summed E-state index contributed by atoms with van der Waals surface area (Å²) >= 11 is 3.62. The minimum absolute atomic E-state index is 0.0720. The Labute approximate surface area is 457 Å². The fraction of sp³-hybridized carbons (Fsp3) is 0.0685. The number of aryl methyl sites for hydroxylation is 1. The number of aliphatic imine (C=N–C) groups is 2. The van der Waals surface area contributed by atoms with E-state index in [9.17, 15) is 0 Å². The first kappa shape index (κ1) is 46.7. The van der Waals surface area contributed by atoms with Crippen LogP contribution in [0.2, 0.25) is 0 Å². The van der Waals surface area contributed by atoms with Crippen LogP contribution in [0.5, 0.6) is 0 Å². The molecule has 0 saturated heterocycles. The van der Waals surface area contributed by atoms with Crippen molar-refractivity contribution in [1.29, 1.82) is 0 Å². The Bertz CT molecular complexity index is 4620. The fourth-order valence-corrected chi connectivity index (χ4v) is 14.6. The van der Waals surface area contributed by atoms with Crippen LogP contribution in [-0.2, 0) is 6.42 Å². The van der Waals surface area contributed by atoms with Gasteiger partial charge in [0, 0.05) is 68.9 Å². The first-order chi connectivity index (χ1) is 37.9. The van der Waals surface area contributed by atoms with Gasteiger partial charge < -0.3 is 0 Å². The third kappa shape index (κ3) is 8.07. The van der Waals surface area contributed by atoms with Crippen molar-refractivity contribution in [2.75, 3.05) is 0 Å². The molecule has 2 heterocycles. The summed E-state index contributed by atoms with van der Waals surface area (Å²) in [5.74, 6) is 0.683. The second-order valence-electron chi connectivity index (χ2n) is 20.5. The molecule has 11 aromatic carbocycles. The number of rotatable bonds is 9. The summed E-state index contributed by atoms with van der Waals surface area (Å²) in [6.45, 7) is 14.0. The third-order valence-corrected chi connectivity index (χ3v) is 18.4. The first-order valence-electron chi connectivity index (χ1n) is 26.5. The number of allylic oxidation sites excluding steroid dienone is 1. The van der Waals surface area contributed by atoms with Crippen molar-refractivity contribution < 1.29 is 0 Å². The lowest BCUT2D eigenvalue weighted by Gasteiger charge is -2.30. The molecule has 0 aliphatic heterocycles. The molecule has 13 aromatic rings. The van der Waals surface area contributed by atoms with E-state index in [2.05, 4.69) is 245 Å². The normalized spacial score (nSPS) is 14.1. The molecular weight excluding hydrogens is 969 g/mol. The van der Waals surface area contributed by atoms with Gasteiger partial charge in [0.2, 0.25) is 0 Å². The van der Waals surface area contributed by atoms with Crippen LogP contribution in [-0.4, -0.2) is 11.5 Å². The Morgan fingerprint density at radius 1 is 0.494 bits per heavy atom. The second kappa shape index (κ2) is 19.1. The topological polar surface area (TPSA) is 24.7 Å². The van der Waals surface area contributed by atoms with Crippen molar-refractivity contribution in [1.82, 2.24) is 0 Å². The van der Waals surface area contributed by atoms with Crippen LogP contribution in [0.15, 0.2) is 254 Å². The highest BCUT2D eigenvalue weighted by atomic mass is 32.1. The van der Waals surface area contributed by atoms with E-state index in [0.717, 1.165) is 28.8 Å². The molecule has 2 aromatic heterocycles. The van der Waals surface area contributed by atoms with Crippen LogP contribution in [0, 0.1) is 6.92 Å². The van der Waals surface area contributed by atoms with Crippen molar-refractivity contribution in [3.63, 3.8) is 0 Å². The average molecular weight is 1020 g/mol. The van der Waals surface area contributed by atoms with E-state index < -0.39 is 0 Å². The number of hydrogen-bond donors (Lipinski definition) is 0. The second-order valence-corrected chi connectivity index (χ2v) is 22.6. The van der Waals surface area contributed by atoms with Gasteiger partial charge >= 0.3 is 0 Å². The van der Waals surface area contributed by atoms with Crippen LogP contribution in [0.4, 0.5) is 0 Å². The van der Waals surface area contributed by atoms with Crippen LogP contribution >= 0.6 is 22.7 Å². The van der Waals surface area contributed by atoms with E-state index in [1.54, 1.807) is 11.3 Å². The SMILES string of the molecule is C=CC(=NC(=NC(=C)c1cccc2c1sc1ccccc12)c1cccc2c1CC(c1ccccc1)c1ccccc1-2)c1cc2sc3ccccc3c2cc1C(C)c1cc2ccccc2cc1-c1cc2ccccc2cc1C. The molecule has 366 valence electrons. The monoisotopic (exact) mass is 1020 g/mol. The Hall–Kier alpha value is -8.80. The van der Waals surface area contributed by atoms with Gasteiger partial charge in [-0.05, 0) is 139 Å². The maximum Gasteiger partial charge on any atom is 0.160 e. The Kier molecular flexibility index (Phi) is 11.6. The summed E-state index contributed by atoms with van der Waals surface area (Å²) in [5, 5.41) is 9.84. The molecule has 4 heteroatoms. The standard InChI is InChI=1S/C73H52N2S2/c1-5-68(66-43-71-67(57-30-16-17-35-69(57)76-71)41-62(66)45(3)61-39-50-25-11-12-26-51(50)40-64(61)60-38-49-24-10-9-23-48(49)37-44(60)2)75-73(74-46(4)52-31-19-33-58-56-29-15-18-36-70(56)77-72(52)58)59-34-20-32-55-53-27-13-14-28-54(53)63(42-65(55)59)47-21-7-6-8-22-47/h5-41,43,45,63H,1,4,42H2,2-3H3. The molecule has 1 aliphatic carbocycles. The molecular formula is C73H52N2S2. The van der Waals surface area contributed by atoms with Gasteiger partial charge in [-0.3, -0.25) is 0 Å². The van der Waals surface area contributed by atoms with Crippen molar-refractivity contribution in [3.8, 4) is 22.3 Å². The van der Waals surface area contributed by atoms with Gasteiger partial charge in [0.25, 0.3) is 0 Å². The van der Waals surface area contributed by atoms with E-state index in [1.165, 1.54) is 118 Å². The molecule has 1 aliphatic rings. The van der Waals surface area contributed by atoms with Gasteiger partial charge in [-0.1, -0.05) is 202 Å². The predicted octanol–water partition coefficient (Wildman–Crippen LogP) is 20.3. The summed E-state index contributed by atoms with van der Waals surface area (Å²) in [6.07, 6.45) is 2.74. The largest absolute Gasteiger partial charge is 0.229 e. The zero-order valence-electron chi connectivity index (χ0n) is 42.9. The zero-order valence-corrected chi connectivity index (χ0v) is 44.6. The molecule has 14 rings (SSSR count). The van der Waals surface area contributed by atoms with Gasteiger partial charge in [0.05, 0.1) is 11.4 Å². The zero-order chi connectivity index (χ0) is 51.7. The Morgan fingerprint density at radius 3 is 1.86 bits per heavy atom.